The first-order valence-corrected chi connectivity index (χ1v) is 9.65. The number of hydrogen-bond acceptors (Lipinski definition) is 3. The SMILES string of the molecule is FC(F)(F)c1ccc(-c2nnc(-c3ccco3)c3cc4ccccc4cc23)cc1C(F)(F)F. The molecule has 0 unspecified atom stereocenters. The molecule has 0 saturated heterocycles. The molecule has 9 heteroatoms. The summed E-state index contributed by atoms with van der Waals surface area (Å²) < 4.78 is 85.6. The van der Waals surface area contributed by atoms with Crippen molar-refractivity contribution in [2.24, 2.45) is 0 Å². The Bertz CT molecular complexity index is 1490. The van der Waals surface area contributed by atoms with E-state index in [2.05, 4.69) is 10.2 Å². The third-order valence-corrected chi connectivity index (χ3v) is 5.30. The number of benzene rings is 3. The lowest BCUT2D eigenvalue weighted by Crippen LogP contribution is -2.16. The molecule has 2 aromatic heterocycles. The predicted octanol–water partition coefficient (Wildman–Crippen LogP) is 7.75. The molecule has 0 N–H and O–H groups in total. The number of halogens is 6. The van der Waals surface area contributed by atoms with E-state index in [1.54, 1.807) is 30.3 Å². The van der Waals surface area contributed by atoms with Crippen LogP contribution < -0.4 is 0 Å². The van der Waals surface area contributed by atoms with Crippen LogP contribution in [0, 0.1) is 0 Å². The summed E-state index contributed by atoms with van der Waals surface area (Å²) in [5.74, 6) is 0.401. The van der Waals surface area contributed by atoms with Crippen LogP contribution in [0.3, 0.4) is 0 Å². The van der Waals surface area contributed by atoms with E-state index in [-0.39, 0.29) is 11.3 Å². The number of furan rings is 1. The molecule has 0 radical (unpaired) electrons. The van der Waals surface area contributed by atoms with Crippen LogP contribution in [0.1, 0.15) is 11.1 Å². The highest BCUT2D eigenvalue weighted by molar-refractivity contribution is 6.08. The molecule has 0 aliphatic carbocycles. The van der Waals surface area contributed by atoms with Crippen molar-refractivity contribution in [1.29, 1.82) is 0 Å². The van der Waals surface area contributed by atoms with E-state index < -0.39 is 23.5 Å². The smallest absolute Gasteiger partial charge is 0.417 e. The summed E-state index contributed by atoms with van der Waals surface area (Å²) in [7, 11) is 0. The van der Waals surface area contributed by atoms with Crippen molar-refractivity contribution in [3.8, 4) is 22.7 Å². The third-order valence-electron chi connectivity index (χ3n) is 5.30. The molecule has 0 atom stereocenters. The topological polar surface area (TPSA) is 38.9 Å². The zero-order chi connectivity index (χ0) is 23.4. The Labute approximate surface area is 182 Å². The van der Waals surface area contributed by atoms with Crippen LogP contribution >= 0.6 is 0 Å². The molecule has 166 valence electrons. The van der Waals surface area contributed by atoms with Gasteiger partial charge in [0, 0.05) is 16.3 Å². The number of alkyl halides is 6. The monoisotopic (exact) mass is 458 g/mol. The van der Waals surface area contributed by atoms with Gasteiger partial charge in [-0.15, -0.1) is 10.2 Å². The third kappa shape index (κ3) is 3.69. The fraction of sp³-hybridized carbons (Fsp3) is 0.0833. The number of aromatic nitrogens is 2. The van der Waals surface area contributed by atoms with E-state index >= 15 is 0 Å². The standard InChI is InChI=1S/C24H12F6N2O/c25-23(26,27)18-8-7-15(12-19(18)24(28,29)30)21-16-10-13-4-1-2-5-14(13)11-17(16)22(32-31-21)20-6-3-9-33-20/h1-12H. The van der Waals surface area contributed by atoms with E-state index in [4.69, 9.17) is 4.42 Å². The van der Waals surface area contributed by atoms with Crippen molar-refractivity contribution in [3.05, 3.63) is 84.1 Å². The second-order valence-electron chi connectivity index (χ2n) is 7.38. The second-order valence-corrected chi connectivity index (χ2v) is 7.38. The van der Waals surface area contributed by atoms with Crippen LogP contribution in [0.2, 0.25) is 0 Å². The van der Waals surface area contributed by atoms with E-state index in [1.165, 1.54) is 6.26 Å². The van der Waals surface area contributed by atoms with Gasteiger partial charge in [0.1, 0.15) is 11.4 Å². The molecular formula is C24H12F6N2O. The first-order chi connectivity index (χ1) is 15.6. The molecule has 0 spiro atoms. The second kappa shape index (κ2) is 7.33. The van der Waals surface area contributed by atoms with Crippen LogP contribution in [-0.2, 0) is 12.4 Å². The van der Waals surface area contributed by atoms with Crippen molar-refractivity contribution in [2.75, 3.05) is 0 Å². The first kappa shape index (κ1) is 21.0. The number of nitrogens with zero attached hydrogens (tertiary/aromatic N) is 2. The molecule has 0 amide bonds. The molecule has 0 aliphatic rings. The summed E-state index contributed by atoms with van der Waals surface area (Å²) in [6.45, 7) is 0. The average molecular weight is 458 g/mol. The highest BCUT2D eigenvalue weighted by Crippen LogP contribution is 2.43. The summed E-state index contributed by atoms with van der Waals surface area (Å²) in [4.78, 5) is 0. The van der Waals surface area contributed by atoms with Gasteiger partial charge in [0.15, 0.2) is 5.76 Å². The van der Waals surface area contributed by atoms with Crippen LogP contribution in [-0.4, -0.2) is 10.2 Å². The Morgan fingerprint density at radius 3 is 1.79 bits per heavy atom. The summed E-state index contributed by atoms with van der Waals surface area (Å²) in [5.41, 5.74) is -3.26. The zero-order valence-corrected chi connectivity index (χ0v) is 16.5. The summed E-state index contributed by atoms with van der Waals surface area (Å²) >= 11 is 0. The van der Waals surface area contributed by atoms with Gasteiger partial charge in [-0.05, 0) is 47.2 Å². The molecular weight excluding hydrogens is 446 g/mol. The van der Waals surface area contributed by atoms with Gasteiger partial charge in [-0.3, -0.25) is 0 Å². The maximum atomic E-state index is 13.5. The Hall–Kier alpha value is -3.88. The van der Waals surface area contributed by atoms with Crippen molar-refractivity contribution >= 4 is 21.5 Å². The van der Waals surface area contributed by atoms with Crippen LogP contribution in [0.5, 0.6) is 0 Å². The molecule has 2 heterocycles. The molecule has 33 heavy (non-hydrogen) atoms. The predicted molar refractivity (Wildman–Crippen MR) is 110 cm³/mol. The molecule has 0 fully saturated rings. The van der Waals surface area contributed by atoms with E-state index in [1.807, 2.05) is 18.2 Å². The highest BCUT2D eigenvalue weighted by atomic mass is 19.4. The lowest BCUT2D eigenvalue weighted by Gasteiger charge is -2.17. The van der Waals surface area contributed by atoms with Gasteiger partial charge < -0.3 is 4.42 Å². The molecule has 0 aliphatic heterocycles. The largest absolute Gasteiger partial charge is 0.463 e. The van der Waals surface area contributed by atoms with Crippen LogP contribution in [0.25, 0.3) is 44.3 Å². The quantitative estimate of drug-likeness (QED) is 0.201. The van der Waals surface area contributed by atoms with E-state index in [9.17, 15) is 26.3 Å². The minimum atomic E-state index is -5.20. The Balaban J connectivity index is 1.82. The molecule has 0 saturated carbocycles. The van der Waals surface area contributed by atoms with E-state index in [0.29, 0.717) is 34.4 Å². The van der Waals surface area contributed by atoms with Crippen molar-refractivity contribution < 1.29 is 30.8 Å². The maximum Gasteiger partial charge on any atom is 0.417 e. The molecule has 3 nitrogen and oxygen atoms in total. The first-order valence-electron chi connectivity index (χ1n) is 9.65. The highest BCUT2D eigenvalue weighted by Gasteiger charge is 2.43. The van der Waals surface area contributed by atoms with Gasteiger partial charge in [0.25, 0.3) is 0 Å². The normalized spacial score (nSPS) is 12.5. The maximum absolute atomic E-state index is 13.5. The van der Waals surface area contributed by atoms with Gasteiger partial charge in [-0.1, -0.05) is 30.3 Å². The number of fused-ring (bicyclic) bond motifs is 2. The fourth-order valence-electron chi connectivity index (χ4n) is 3.82. The molecule has 0 bridgehead atoms. The lowest BCUT2D eigenvalue weighted by atomic mass is 9.96. The summed E-state index contributed by atoms with van der Waals surface area (Å²) in [5, 5.41) is 10.9. The summed E-state index contributed by atoms with van der Waals surface area (Å²) in [6.07, 6.45) is -8.91. The van der Waals surface area contributed by atoms with Gasteiger partial charge in [-0.2, -0.15) is 26.3 Å². The van der Waals surface area contributed by atoms with E-state index in [0.717, 1.165) is 16.8 Å². The lowest BCUT2D eigenvalue weighted by molar-refractivity contribution is -0.162. The van der Waals surface area contributed by atoms with Gasteiger partial charge >= 0.3 is 12.4 Å². The van der Waals surface area contributed by atoms with Crippen LogP contribution in [0.15, 0.2) is 77.4 Å². The van der Waals surface area contributed by atoms with Crippen LogP contribution in [0.4, 0.5) is 26.3 Å². The molecule has 5 rings (SSSR count). The average Bonchev–Trinajstić information content (AvgIpc) is 3.30. The molecule has 3 aromatic carbocycles. The Morgan fingerprint density at radius 1 is 0.606 bits per heavy atom. The van der Waals surface area contributed by atoms with Gasteiger partial charge in [-0.25, -0.2) is 0 Å². The zero-order valence-electron chi connectivity index (χ0n) is 16.5. The number of hydrogen-bond donors (Lipinski definition) is 0. The minimum Gasteiger partial charge on any atom is -0.463 e. The Kier molecular flexibility index (Phi) is 4.66. The minimum absolute atomic E-state index is 0.0327. The molecule has 5 aromatic rings. The van der Waals surface area contributed by atoms with Gasteiger partial charge in [0.05, 0.1) is 17.4 Å². The Morgan fingerprint density at radius 2 is 1.21 bits per heavy atom. The van der Waals surface area contributed by atoms with Gasteiger partial charge in [0.2, 0.25) is 0 Å². The van der Waals surface area contributed by atoms with Crippen molar-refractivity contribution in [3.63, 3.8) is 0 Å². The summed E-state index contributed by atoms with van der Waals surface area (Å²) in [6, 6.07) is 16.0. The number of rotatable bonds is 2. The van der Waals surface area contributed by atoms with Crippen molar-refractivity contribution in [2.45, 2.75) is 12.4 Å². The fourth-order valence-corrected chi connectivity index (χ4v) is 3.82. The van der Waals surface area contributed by atoms with Crippen molar-refractivity contribution in [1.82, 2.24) is 10.2 Å².